The van der Waals surface area contributed by atoms with Crippen molar-refractivity contribution in [1.82, 2.24) is 24.6 Å². The van der Waals surface area contributed by atoms with Crippen molar-refractivity contribution in [3.63, 3.8) is 0 Å². The smallest absolute Gasteiger partial charge is 0.255 e. The van der Waals surface area contributed by atoms with Crippen molar-refractivity contribution in [3.05, 3.63) is 34.9 Å². The highest BCUT2D eigenvalue weighted by molar-refractivity contribution is 7.92. The summed E-state index contributed by atoms with van der Waals surface area (Å²) >= 11 is -0.0352. The number of nitrogens with zero attached hydrogens (tertiary/aromatic N) is 3. The maximum absolute atomic E-state index is 13.4. The van der Waals surface area contributed by atoms with Crippen LogP contribution in [0.2, 0.25) is 0 Å². The van der Waals surface area contributed by atoms with Gasteiger partial charge in [-0.05, 0) is 52.0 Å². The minimum Gasteiger partial charge on any atom is -0.391 e. The Kier molecular flexibility index (Phi) is 6.26. The summed E-state index contributed by atoms with van der Waals surface area (Å²) in [5.74, 6) is -0.349. The van der Waals surface area contributed by atoms with E-state index in [1.54, 1.807) is 0 Å². The number of carbonyl (C=O) groups excluding carboxylic acids is 1. The summed E-state index contributed by atoms with van der Waals surface area (Å²) in [4.78, 5) is 21.6. The lowest BCUT2D eigenvalue weighted by Gasteiger charge is -2.20. The van der Waals surface area contributed by atoms with Gasteiger partial charge in [0.1, 0.15) is 11.2 Å². The fourth-order valence-electron chi connectivity index (χ4n) is 3.50. The minimum absolute atomic E-state index is 0.0352. The van der Waals surface area contributed by atoms with E-state index in [4.69, 9.17) is 5.41 Å². The molecule has 3 N–H and O–H groups in total. The summed E-state index contributed by atoms with van der Waals surface area (Å²) in [5.41, 5.74) is 3.01. The lowest BCUT2D eigenvalue weighted by molar-refractivity contribution is 0.0921. The van der Waals surface area contributed by atoms with Gasteiger partial charge in [0.15, 0.2) is 18.0 Å². The van der Waals surface area contributed by atoms with E-state index in [0.717, 1.165) is 43.4 Å². The second-order valence-electron chi connectivity index (χ2n) is 8.21. The molecule has 0 unspecified atom stereocenters. The first kappa shape index (κ1) is 21.3. The monoisotopic (exact) mass is 418 g/mol. The highest BCUT2D eigenvalue weighted by atomic mass is 32.2. The third-order valence-electron chi connectivity index (χ3n) is 4.85. The van der Waals surface area contributed by atoms with Crippen LogP contribution in [0.25, 0.3) is 11.2 Å². The predicted molar refractivity (Wildman–Crippen MR) is 115 cm³/mol. The fraction of sp³-hybridized carbons (Fsp3) is 0.500. The molecule has 7 nitrogen and oxygen atoms in total. The molecule has 0 radical (unpaired) electrons. The van der Waals surface area contributed by atoms with Crippen LogP contribution in [0, 0.1) is 5.41 Å². The highest BCUT2D eigenvalue weighted by Crippen LogP contribution is 2.27. The van der Waals surface area contributed by atoms with E-state index in [1.165, 1.54) is 16.4 Å². The third-order valence-corrected chi connectivity index (χ3v) is 5.28. The zero-order valence-corrected chi connectivity index (χ0v) is 18.0. The Bertz CT molecular complexity index is 975. The van der Waals surface area contributed by atoms with Gasteiger partial charge in [0, 0.05) is 24.5 Å². The fourth-order valence-corrected chi connectivity index (χ4v) is 3.84. The third kappa shape index (κ3) is 4.60. The number of hydrogen-bond donors (Lipinski definition) is 3. The molecule has 29 heavy (non-hydrogen) atoms. The van der Waals surface area contributed by atoms with Gasteiger partial charge in [-0.15, -0.1) is 3.89 Å². The maximum Gasteiger partial charge on any atom is 0.255 e. The van der Waals surface area contributed by atoms with Crippen LogP contribution in [-0.4, -0.2) is 38.1 Å². The Labute approximate surface area is 174 Å². The van der Waals surface area contributed by atoms with Crippen molar-refractivity contribution in [2.75, 3.05) is 7.05 Å². The number of amides is 1. The summed E-state index contributed by atoms with van der Waals surface area (Å²) in [6, 6.07) is 0. The summed E-state index contributed by atoms with van der Waals surface area (Å²) < 4.78 is 14.6. The van der Waals surface area contributed by atoms with Crippen LogP contribution in [-0.2, 0) is 0 Å². The van der Waals surface area contributed by atoms with Gasteiger partial charge in [0.25, 0.3) is 5.91 Å². The molecule has 0 saturated heterocycles. The summed E-state index contributed by atoms with van der Waals surface area (Å²) in [6.07, 6.45) is 7.81. The largest absolute Gasteiger partial charge is 0.391 e. The standard InChI is InChI=1S/C20H27FN6OS/c1-20(2,3)26-19(28)13-11-27(29-21)18-17(13)25-15(10-24-18)16(22)12-8-6-5-7-9-14(12)23-4/h10-11,22-23H,5-9H2,1-4H3,(H,26,28). The van der Waals surface area contributed by atoms with Crippen molar-refractivity contribution >= 4 is 35.1 Å². The van der Waals surface area contributed by atoms with E-state index in [1.807, 2.05) is 27.8 Å². The molecular formula is C20H27FN6OS. The second kappa shape index (κ2) is 8.52. The SMILES string of the molecule is CNC1=C(C(=N)c2cnc3c(n2)c(C(=O)NC(C)(C)C)cn3SF)CCCCC1. The summed E-state index contributed by atoms with van der Waals surface area (Å²) in [7, 11) is 1.87. The van der Waals surface area contributed by atoms with Crippen LogP contribution in [0.4, 0.5) is 3.89 Å². The molecule has 1 amide bonds. The van der Waals surface area contributed by atoms with E-state index in [9.17, 15) is 8.68 Å². The molecule has 0 aliphatic heterocycles. The molecule has 2 aromatic heterocycles. The lowest BCUT2D eigenvalue weighted by Crippen LogP contribution is -2.40. The Morgan fingerprint density at radius 1 is 1.28 bits per heavy atom. The average molecular weight is 419 g/mol. The minimum atomic E-state index is -0.445. The summed E-state index contributed by atoms with van der Waals surface area (Å²) in [5, 5.41) is 14.8. The number of carbonyl (C=O) groups is 1. The van der Waals surface area contributed by atoms with Gasteiger partial charge in [-0.3, -0.25) is 10.2 Å². The van der Waals surface area contributed by atoms with E-state index < -0.39 is 5.54 Å². The predicted octanol–water partition coefficient (Wildman–Crippen LogP) is 4.15. The molecule has 2 aromatic rings. The molecule has 0 spiro atoms. The zero-order chi connectivity index (χ0) is 21.2. The van der Waals surface area contributed by atoms with Crippen molar-refractivity contribution in [1.29, 1.82) is 5.41 Å². The van der Waals surface area contributed by atoms with Gasteiger partial charge in [0.2, 0.25) is 0 Å². The lowest BCUT2D eigenvalue weighted by atomic mass is 10.0. The van der Waals surface area contributed by atoms with Crippen LogP contribution < -0.4 is 10.6 Å². The number of allylic oxidation sites excluding steroid dienone is 2. The van der Waals surface area contributed by atoms with Crippen molar-refractivity contribution in [2.45, 2.75) is 58.4 Å². The van der Waals surface area contributed by atoms with Crippen LogP contribution in [0.5, 0.6) is 0 Å². The van der Waals surface area contributed by atoms with Gasteiger partial charge < -0.3 is 10.6 Å². The number of hydrogen-bond acceptors (Lipinski definition) is 6. The van der Waals surface area contributed by atoms with E-state index in [0.29, 0.717) is 16.9 Å². The quantitative estimate of drug-likeness (QED) is 0.634. The molecule has 0 saturated carbocycles. The number of aromatic nitrogens is 3. The number of rotatable bonds is 5. The molecule has 0 bridgehead atoms. The van der Waals surface area contributed by atoms with Gasteiger partial charge >= 0.3 is 0 Å². The molecule has 0 fully saturated rings. The van der Waals surface area contributed by atoms with Crippen LogP contribution >= 0.6 is 12.3 Å². The van der Waals surface area contributed by atoms with Gasteiger partial charge in [-0.1, -0.05) is 6.42 Å². The Morgan fingerprint density at radius 3 is 2.66 bits per heavy atom. The van der Waals surface area contributed by atoms with Crippen LogP contribution in [0.3, 0.4) is 0 Å². The molecule has 0 atom stereocenters. The first-order valence-electron chi connectivity index (χ1n) is 9.74. The number of halogens is 1. The second-order valence-corrected chi connectivity index (χ2v) is 8.74. The van der Waals surface area contributed by atoms with Crippen molar-refractivity contribution < 1.29 is 8.68 Å². The Balaban J connectivity index is 2.06. The van der Waals surface area contributed by atoms with E-state index in [-0.39, 0.29) is 29.5 Å². The molecule has 2 heterocycles. The van der Waals surface area contributed by atoms with E-state index >= 15 is 0 Å². The molecule has 1 aliphatic carbocycles. The number of fused-ring (bicyclic) bond motifs is 1. The molecule has 156 valence electrons. The van der Waals surface area contributed by atoms with Gasteiger partial charge in [-0.25, -0.2) is 13.9 Å². The molecular weight excluding hydrogens is 391 g/mol. The first-order valence-corrected chi connectivity index (χ1v) is 10.4. The average Bonchev–Trinajstić information content (AvgIpc) is 2.87. The molecule has 0 aromatic carbocycles. The van der Waals surface area contributed by atoms with Gasteiger partial charge in [0.05, 0.1) is 17.5 Å². The van der Waals surface area contributed by atoms with Crippen molar-refractivity contribution in [3.8, 4) is 0 Å². The molecule has 3 rings (SSSR count). The van der Waals surface area contributed by atoms with Crippen LogP contribution in [0.1, 0.15) is 68.9 Å². The summed E-state index contributed by atoms with van der Waals surface area (Å²) in [6.45, 7) is 5.62. The molecule has 9 heteroatoms. The first-order chi connectivity index (χ1) is 13.7. The van der Waals surface area contributed by atoms with Crippen molar-refractivity contribution in [2.24, 2.45) is 0 Å². The van der Waals surface area contributed by atoms with Gasteiger partial charge in [-0.2, -0.15) is 0 Å². The van der Waals surface area contributed by atoms with Crippen LogP contribution in [0.15, 0.2) is 23.7 Å². The molecule has 1 aliphatic rings. The Morgan fingerprint density at radius 2 is 2.00 bits per heavy atom. The maximum atomic E-state index is 13.4. The number of nitrogens with one attached hydrogen (secondary N) is 3. The normalized spacial score (nSPS) is 15.3. The van der Waals surface area contributed by atoms with E-state index in [2.05, 4.69) is 20.6 Å². The Hall–Kier alpha value is -2.42. The highest BCUT2D eigenvalue weighted by Gasteiger charge is 2.24. The zero-order valence-electron chi connectivity index (χ0n) is 17.2. The topological polar surface area (TPSA) is 95.7 Å².